The first-order valence-electron chi connectivity index (χ1n) is 42.3. The van der Waals surface area contributed by atoms with E-state index in [1.807, 2.05) is 0 Å². The molecule has 2 N–H and O–H groups in total. The predicted octanol–water partition coefficient (Wildman–Crippen LogP) is 28.3. The molecule has 0 amide bonds. The van der Waals surface area contributed by atoms with Crippen LogP contribution >= 0.6 is 0 Å². The van der Waals surface area contributed by atoms with Gasteiger partial charge in [0, 0.05) is 33.3 Å². The van der Waals surface area contributed by atoms with Crippen LogP contribution in [0.3, 0.4) is 0 Å². The van der Waals surface area contributed by atoms with Gasteiger partial charge in [0.2, 0.25) is 0 Å². The third-order valence-corrected chi connectivity index (χ3v) is 25.4. The summed E-state index contributed by atoms with van der Waals surface area (Å²) in [6, 6.07) is 41.4. The van der Waals surface area contributed by atoms with E-state index < -0.39 is 0 Å². The monoisotopic (exact) mass is 1570 g/mol. The molecule has 0 saturated carbocycles. The Hall–Kier alpha value is -9.74. The minimum Gasteiger partial charge on any atom is -0.657 e. The van der Waals surface area contributed by atoms with Gasteiger partial charge in [-0.1, -0.05) is 245 Å². The van der Waals surface area contributed by atoms with Crippen molar-refractivity contribution in [2.24, 2.45) is 0 Å². The van der Waals surface area contributed by atoms with E-state index in [2.05, 4.69) is 325 Å². The fourth-order valence-corrected chi connectivity index (χ4v) is 18.4. The van der Waals surface area contributed by atoms with Gasteiger partial charge in [-0.15, -0.1) is 22.1 Å². The second-order valence-electron chi connectivity index (χ2n) is 36.6. The molecule has 0 saturated heterocycles. The van der Waals surface area contributed by atoms with Crippen LogP contribution in [0.25, 0.3) is 133 Å². The average molecular weight is 1570 g/mol. The second kappa shape index (κ2) is 31.4. The fraction of sp³-hybridized carbons (Fsp3) is 0.377. The standard InChI is InChI=1S/C106H120N8.Zn/c1-29-75-57(9)95-91(96-58(10)76(30-2)84(108-96)54-88-80(34-6)62(14)100(112-88)93(99-61(13)79(33-5)87(111-99)53-83(75)107-95)69-47-71(103(17,18)19)51-72(48-69)104(20,21)22)67-43-39-65(40-44-67)37-38-66-41-45-68(46-42-66)92-97-59(11)77(31-3)85(109-97)55-89-81(35-7)63(15)101(113-89)94(70-49-73(105(23,24)25)52-74(50-70)106(26,27)28)102-64(16)82(36-8)90(114-102)56-86-78(32-4)60(12)98(92)110-86;/h39-56,107,112H,29-36H2,1-28H3;/q-2;+2. The summed E-state index contributed by atoms with van der Waals surface area (Å²) in [7, 11) is 0. The van der Waals surface area contributed by atoms with Crippen LogP contribution in [0.1, 0.15) is 315 Å². The number of aromatic amines is 2. The zero-order chi connectivity index (χ0) is 82.0. The maximum Gasteiger partial charge on any atom is 2.00 e. The van der Waals surface area contributed by atoms with Crippen LogP contribution in [-0.4, -0.2) is 29.9 Å². The normalized spacial score (nSPS) is 13.6. The Kier molecular flexibility index (Phi) is 22.7. The Morgan fingerprint density at radius 3 is 0.870 bits per heavy atom. The van der Waals surface area contributed by atoms with E-state index in [1.54, 1.807) is 0 Å². The molecule has 4 aliphatic rings. The molecule has 10 aromatic rings. The van der Waals surface area contributed by atoms with Crippen molar-refractivity contribution in [1.29, 1.82) is 0 Å². The van der Waals surface area contributed by atoms with Crippen molar-refractivity contribution >= 4 is 88.7 Å². The first kappa shape index (κ1) is 83.2. The minimum atomic E-state index is -0.0900. The summed E-state index contributed by atoms with van der Waals surface area (Å²) in [5.41, 5.74) is 51.1. The van der Waals surface area contributed by atoms with Crippen LogP contribution in [0.2, 0.25) is 0 Å². The third-order valence-electron chi connectivity index (χ3n) is 25.4. The molecule has 0 radical (unpaired) electrons. The van der Waals surface area contributed by atoms with Crippen LogP contribution < -0.4 is 9.97 Å². The maximum absolute atomic E-state index is 5.82. The van der Waals surface area contributed by atoms with Gasteiger partial charge in [0.1, 0.15) is 0 Å². The van der Waals surface area contributed by atoms with Crippen molar-refractivity contribution < 1.29 is 19.5 Å². The van der Waals surface area contributed by atoms with E-state index in [0.29, 0.717) is 0 Å². The summed E-state index contributed by atoms with van der Waals surface area (Å²) >= 11 is 0. The molecule has 115 heavy (non-hydrogen) atoms. The number of hydrogen-bond donors (Lipinski definition) is 2. The van der Waals surface area contributed by atoms with Gasteiger partial charge >= 0.3 is 19.5 Å². The number of aromatic nitrogens is 8. The molecule has 8 nitrogen and oxygen atoms in total. The number of hydrogen-bond acceptors (Lipinski definition) is 4. The smallest absolute Gasteiger partial charge is 0.657 e. The molecule has 4 aliphatic heterocycles. The summed E-state index contributed by atoms with van der Waals surface area (Å²) < 4.78 is 0. The molecule has 586 valence electrons. The van der Waals surface area contributed by atoms with E-state index in [4.69, 9.17) is 29.9 Å². The maximum atomic E-state index is 5.82. The van der Waals surface area contributed by atoms with Crippen molar-refractivity contribution in [3.8, 4) is 56.3 Å². The summed E-state index contributed by atoms with van der Waals surface area (Å²) in [5.74, 6) is 7.22. The molecule has 0 fully saturated rings. The average Bonchev–Trinajstić information content (AvgIpc) is 1.61. The quantitative estimate of drug-likeness (QED) is 0.0931. The molecule has 10 heterocycles. The molecule has 0 aliphatic carbocycles. The van der Waals surface area contributed by atoms with Crippen LogP contribution in [0.15, 0.2) is 109 Å². The van der Waals surface area contributed by atoms with E-state index in [0.717, 1.165) is 202 Å². The first-order valence-corrected chi connectivity index (χ1v) is 42.3. The van der Waals surface area contributed by atoms with Crippen molar-refractivity contribution in [3.05, 3.63) is 233 Å². The van der Waals surface area contributed by atoms with Gasteiger partial charge < -0.3 is 19.9 Å². The van der Waals surface area contributed by atoms with Gasteiger partial charge in [-0.25, -0.2) is 19.9 Å². The second-order valence-corrected chi connectivity index (χ2v) is 36.6. The Balaban J connectivity index is 0.0000115. The first-order chi connectivity index (χ1) is 54.0. The van der Waals surface area contributed by atoms with Gasteiger partial charge in [-0.05, 0) is 287 Å². The van der Waals surface area contributed by atoms with E-state index in [1.165, 1.54) is 106 Å². The molecule has 0 atom stereocenters. The van der Waals surface area contributed by atoms with Crippen molar-refractivity contribution in [2.75, 3.05) is 0 Å². The fourth-order valence-electron chi connectivity index (χ4n) is 18.4. The Bertz CT molecular complexity index is 5790. The number of allylic oxidation sites excluding steroid dienone is 8. The molecule has 0 unspecified atom stereocenters. The summed E-state index contributed by atoms with van der Waals surface area (Å²) in [6.07, 6.45) is 6.64. The third kappa shape index (κ3) is 14.8. The Morgan fingerprint density at radius 2 is 0.574 bits per heavy atom. The number of nitrogens with zero attached hydrogens (tertiary/aromatic N) is 6. The van der Waals surface area contributed by atoms with Crippen molar-refractivity contribution in [2.45, 2.75) is 267 Å². The zero-order valence-corrected chi connectivity index (χ0v) is 77.4. The Morgan fingerprint density at radius 1 is 0.304 bits per heavy atom. The topological polar surface area (TPSA) is 111 Å². The van der Waals surface area contributed by atoms with Crippen molar-refractivity contribution in [1.82, 2.24) is 39.9 Å². The number of benzene rings is 4. The van der Waals surface area contributed by atoms with E-state index in [9.17, 15) is 0 Å². The summed E-state index contributed by atoms with van der Waals surface area (Å²) in [4.78, 5) is 43.0. The predicted molar refractivity (Wildman–Crippen MR) is 490 cm³/mol. The molecule has 0 spiro atoms. The van der Waals surface area contributed by atoms with Crippen molar-refractivity contribution in [3.63, 3.8) is 0 Å². The van der Waals surface area contributed by atoms with E-state index >= 15 is 0 Å². The number of aryl methyl sites for hydroxylation is 8. The molecule has 9 heteroatoms. The van der Waals surface area contributed by atoms with Gasteiger partial charge in [0.05, 0.1) is 56.6 Å². The van der Waals surface area contributed by atoms with E-state index in [-0.39, 0.29) is 41.1 Å². The van der Waals surface area contributed by atoms with Crippen LogP contribution in [-0.2, 0) is 66.8 Å². The number of nitrogens with one attached hydrogen (secondary N) is 2. The molecular weight excluding hydrogens is 1450 g/mol. The van der Waals surface area contributed by atoms with Gasteiger partial charge in [-0.3, -0.25) is 0 Å². The summed E-state index contributed by atoms with van der Waals surface area (Å²) in [6.45, 7) is 64.3. The molecule has 16 bridgehead atoms. The molecule has 6 aromatic heterocycles. The largest absolute Gasteiger partial charge is 2.00 e. The van der Waals surface area contributed by atoms with Gasteiger partial charge in [-0.2, -0.15) is 0 Å². The van der Waals surface area contributed by atoms with Gasteiger partial charge in [0.15, 0.2) is 0 Å². The molecule has 4 aromatic carbocycles. The van der Waals surface area contributed by atoms with Gasteiger partial charge in [0.25, 0.3) is 0 Å². The minimum absolute atomic E-state index is 0. The summed E-state index contributed by atoms with van der Waals surface area (Å²) in [5, 5.41) is 0. The SMILES string of the molecule is CCC1=C(C)c2nc1cc1[n-]c(c(C)c1CC)c(-c1ccc(C#Cc3ccc(-c4c5nc(cc6[nH]c(c(C)c6CC)c(-c6cc(C(C)(C)C)cc(C(C)(C)C)c6)c6nc(cc7[nH]c4c(C)c7CC)C(CC)=C6C)C(CC)=C5C)cc3)cc1)c1nc(cc3[n-]c(c(C)c3CC)c2-c2cc(C(C)(C)C)cc(C(C)(C)C)c2)C(CC)=C1C.[Zn+2]. The zero-order valence-electron chi connectivity index (χ0n) is 74.4. The molecule has 14 rings (SSSR count). The Labute approximate surface area is 699 Å². The van der Waals surface area contributed by atoms with Crippen LogP contribution in [0.4, 0.5) is 0 Å². The number of fused-ring (bicyclic) bond motifs is 16. The molecular formula is C106H120N8Zn. The number of H-pyrrole nitrogens is 2. The number of rotatable bonds is 12. The van der Waals surface area contributed by atoms with Crippen LogP contribution in [0.5, 0.6) is 0 Å². The van der Waals surface area contributed by atoms with Crippen LogP contribution in [0, 0.1) is 39.5 Å².